The number of hydrogen-bond acceptors (Lipinski definition) is 5. The summed E-state index contributed by atoms with van der Waals surface area (Å²) in [7, 11) is 0. The number of ether oxygens (including phenoxy) is 1. The predicted molar refractivity (Wildman–Crippen MR) is 62.8 cm³/mol. The van der Waals surface area contributed by atoms with Gasteiger partial charge in [0.25, 0.3) is 5.69 Å². The van der Waals surface area contributed by atoms with Crippen LogP contribution in [0.5, 0.6) is 5.75 Å². The highest BCUT2D eigenvalue weighted by atomic mass is 16.6. The SMILES string of the molecule is CC(C)Oc1cc(C(=O)O)c(C(=O)O)c([N+](=O)[O-])c1. The van der Waals surface area contributed by atoms with Crippen molar-refractivity contribution in [2.45, 2.75) is 20.0 Å². The van der Waals surface area contributed by atoms with Crippen molar-refractivity contribution in [1.82, 2.24) is 0 Å². The second-order valence-electron chi connectivity index (χ2n) is 3.90. The molecular formula is C11H11NO7. The van der Waals surface area contributed by atoms with E-state index in [1.165, 1.54) is 0 Å². The Kier molecular flexibility index (Phi) is 4.05. The molecule has 0 aliphatic heterocycles. The largest absolute Gasteiger partial charge is 0.491 e. The van der Waals surface area contributed by atoms with Crippen molar-refractivity contribution in [2.75, 3.05) is 0 Å². The molecule has 0 atom stereocenters. The minimum Gasteiger partial charge on any atom is -0.491 e. The number of nitrogens with zero attached hydrogens (tertiary/aromatic N) is 1. The summed E-state index contributed by atoms with van der Waals surface area (Å²) in [5.74, 6) is -3.32. The van der Waals surface area contributed by atoms with Gasteiger partial charge >= 0.3 is 11.9 Å². The van der Waals surface area contributed by atoms with E-state index >= 15 is 0 Å². The minimum absolute atomic E-state index is 0.0656. The molecule has 1 rings (SSSR count). The van der Waals surface area contributed by atoms with Gasteiger partial charge in [-0.05, 0) is 19.9 Å². The summed E-state index contributed by atoms with van der Waals surface area (Å²) < 4.78 is 5.17. The predicted octanol–water partition coefficient (Wildman–Crippen LogP) is 1.78. The molecule has 0 heterocycles. The minimum atomic E-state index is -1.68. The van der Waals surface area contributed by atoms with Crippen molar-refractivity contribution in [1.29, 1.82) is 0 Å². The van der Waals surface area contributed by atoms with Crippen LogP contribution in [0.4, 0.5) is 5.69 Å². The van der Waals surface area contributed by atoms with Crippen molar-refractivity contribution in [3.63, 3.8) is 0 Å². The van der Waals surface area contributed by atoms with Gasteiger partial charge in [-0.3, -0.25) is 10.1 Å². The highest BCUT2D eigenvalue weighted by molar-refractivity contribution is 6.05. The smallest absolute Gasteiger partial charge is 0.343 e. The van der Waals surface area contributed by atoms with Crippen molar-refractivity contribution < 1.29 is 29.5 Å². The van der Waals surface area contributed by atoms with Crippen molar-refractivity contribution in [3.8, 4) is 5.75 Å². The third kappa shape index (κ3) is 3.18. The number of rotatable bonds is 5. The Morgan fingerprint density at radius 2 is 1.84 bits per heavy atom. The molecule has 0 aliphatic carbocycles. The van der Waals surface area contributed by atoms with Crippen LogP contribution < -0.4 is 4.74 Å². The molecule has 0 spiro atoms. The van der Waals surface area contributed by atoms with E-state index in [2.05, 4.69) is 0 Å². The van der Waals surface area contributed by atoms with Crippen molar-refractivity contribution >= 4 is 17.6 Å². The Bertz CT molecular complexity index is 515. The molecule has 0 fully saturated rings. The fraction of sp³-hybridized carbons (Fsp3) is 0.273. The van der Waals surface area contributed by atoms with E-state index in [9.17, 15) is 19.7 Å². The van der Waals surface area contributed by atoms with Crippen LogP contribution >= 0.6 is 0 Å². The Morgan fingerprint density at radius 1 is 1.26 bits per heavy atom. The van der Waals surface area contributed by atoms with Gasteiger partial charge in [0.1, 0.15) is 5.75 Å². The number of hydrogen-bond donors (Lipinski definition) is 2. The van der Waals surface area contributed by atoms with Gasteiger partial charge in [-0.15, -0.1) is 0 Å². The Morgan fingerprint density at radius 3 is 2.21 bits per heavy atom. The van der Waals surface area contributed by atoms with Gasteiger partial charge < -0.3 is 14.9 Å². The fourth-order valence-electron chi connectivity index (χ4n) is 1.48. The molecule has 19 heavy (non-hydrogen) atoms. The lowest BCUT2D eigenvalue weighted by Crippen LogP contribution is -2.13. The maximum Gasteiger partial charge on any atom is 0.343 e. The number of benzene rings is 1. The Hall–Kier alpha value is -2.64. The maximum absolute atomic E-state index is 11.0. The second kappa shape index (κ2) is 5.34. The summed E-state index contributed by atoms with van der Waals surface area (Å²) in [5.41, 5.74) is -2.37. The quantitative estimate of drug-likeness (QED) is 0.615. The summed E-state index contributed by atoms with van der Waals surface area (Å²) in [4.78, 5) is 31.9. The average Bonchev–Trinajstić information content (AvgIpc) is 2.26. The Labute approximate surface area is 107 Å². The molecule has 0 saturated carbocycles. The first-order valence-electron chi connectivity index (χ1n) is 5.19. The number of nitro benzene ring substituents is 1. The molecule has 0 unspecified atom stereocenters. The van der Waals surface area contributed by atoms with Gasteiger partial charge in [-0.2, -0.15) is 0 Å². The molecule has 102 valence electrons. The molecule has 0 amide bonds. The van der Waals surface area contributed by atoms with Gasteiger partial charge in [0.05, 0.1) is 22.7 Å². The third-order valence-electron chi connectivity index (χ3n) is 2.10. The first-order chi connectivity index (χ1) is 8.73. The van der Waals surface area contributed by atoms with Crippen molar-refractivity contribution in [2.24, 2.45) is 0 Å². The third-order valence-corrected chi connectivity index (χ3v) is 2.10. The lowest BCUT2D eigenvalue weighted by molar-refractivity contribution is -0.385. The zero-order chi connectivity index (χ0) is 14.7. The van der Waals surface area contributed by atoms with Gasteiger partial charge in [0.2, 0.25) is 0 Å². The van der Waals surface area contributed by atoms with Crippen LogP contribution in [0.2, 0.25) is 0 Å². The molecule has 1 aromatic carbocycles. The van der Waals surface area contributed by atoms with Crippen LogP contribution in [0.3, 0.4) is 0 Å². The molecule has 0 saturated heterocycles. The van der Waals surface area contributed by atoms with E-state index in [0.29, 0.717) is 0 Å². The average molecular weight is 269 g/mol. The van der Waals surface area contributed by atoms with Gasteiger partial charge in [-0.25, -0.2) is 9.59 Å². The summed E-state index contributed by atoms with van der Waals surface area (Å²) in [5, 5.41) is 28.7. The van der Waals surface area contributed by atoms with Gasteiger partial charge in [0.15, 0.2) is 5.56 Å². The highest BCUT2D eigenvalue weighted by Crippen LogP contribution is 2.29. The number of nitro groups is 1. The lowest BCUT2D eigenvalue weighted by atomic mass is 10.0. The maximum atomic E-state index is 11.0. The van der Waals surface area contributed by atoms with Crippen LogP contribution in [-0.2, 0) is 0 Å². The lowest BCUT2D eigenvalue weighted by Gasteiger charge is -2.11. The number of aromatic carboxylic acids is 2. The number of carboxylic acids is 2. The van der Waals surface area contributed by atoms with E-state index in [1.807, 2.05) is 0 Å². The standard InChI is InChI=1S/C11H11NO7/c1-5(2)19-6-3-7(10(13)14)9(11(15)16)8(4-6)12(17)18/h3-5H,1-2H3,(H,13,14)(H,15,16). The van der Waals surface area contributed by atoms with E-state index in [-0.39, 0.29) is 11.9 Å². The number of carbonyl (C=O) groups is 2. The Balaban J connectivity index is 3.57. The molecule has 0 aliphatic rings. The topological polar surface area (TPSA) is 127 Å². The molecule has 0 bridgehead atoms. The molecule has 8 nitrogen and oxygen atoms in total. The number of carboxylic acid groups (broad SMARTS) is 2. The molecule has 2 N–H and O–H groups in total. The summed E-state index contributed by atoms with van der Waals surface area (Å²) in [6.07, 6.45) is -0.336. The van der Waals surface area contributed by atoms with Gasteiger partial charge in [0, 0.05) is 0 Å². The van der Waals surface area contributed by atoms with E-state index < -0.39 is 33.7 Å². The van der Waals surface area contributed by atoms with Crippen LogP contribution in [0.15, 0.2) is 12.1 Å². The fourth-order valence-corrected chi connectivity index (χ4v) is 1.48. The van der Waals surface area contributed by atoms with Crippen LogP contribution in [0, 0.1) is 10.1 Å². The molecule has 0 aromatic heterocycles. The van der Waals surface area contributed by atoms with Crippen LogP contribution in [0.1, 0.15) is 34.6 Å². The monoisotopic (exact) mass is 269 g/mol. The first kappa shape index (κ1) is 14.4. The second-order valence-corrected chi connectivity index (χ2v) is 3.90. The summed E-state index contributed by atoms with van der Waals surface area (Å²) in [6, 6.07) is 1.86. The molecule has 8 heteroatoms. The van der Waals surface area contributed by atoms with E-state index in [4.69, 9.17) is 14.9 Å². The van der Waals surface area contributed by atoms with Crippen molar-refractivity contribution in [3.05, 3.63) is 33.4 Å². The summed E-state index contributed by atoms with van der Waals surface area (Å²) in [6.45, 7) is 3.30. The first-order valence-corrected chi connectivity index (χ1v) is 5.19. The normalized spacial score (nSPS) is 10.3. The van der Waals surface area contributed by atoms with Gasteiger partial charge in [-0.1, -0.05) is 0 Å². The van der Waals surface area contributed by atoms with E-state index in [1.54, 1.807) is 13.8 Å². The molecule has 0 radical (unpaired) electrons. The van der Waals surface area contributed by atoms with Crippen LogP contribution in [-0.4, -0.2) is 33.2 Å². The highest BCUT2D eigenvalue weighted by Gasteiger charge is 2.29. The molecular weight excluding hydrogens is 258 g/mol. The molecule has 1 aromatic rings. The van der Waals surface area contributed by atoms with Crippen LogP contribution in [0.25, 0.3) is 0 Å². The van der Waals surface area contributed by atoms with E-state index in [0.717, 1.165) is 12.1 Å². The zero-order valence-electron chi connectivity index (χ0n) is 10.1. The summed E-state index contributed by atoms with van der Waals surface area (Å²) >= 11 is 0. The zero-order valence-corrected chi connectivity index (χ0v) is 10.1.